The summed E-state index contributed by atoms with van der Waals surface area (Å²) in [4.78, 5) is 14.1. The number of sulfonamides is 1. The van der Waals surface area contributed by atoms with Crippen LogP contribution in [0.2, 0.25) is 0 Å². The quantitative estimate of drug-likeness (QED) is 0.761. The predicted octanol–water partition coefficient (Wildman–Crippen LogP) is 1.46. The minimum Gasteiger partial charge on any atom is -0.344 e. The smallest absolute Gasteiger partial charge is 0.245 e. The number of piperidine rings is 1. The third-order valence-corrected chi connectivity index (χ3v) is 7.08. The summed E-state index contributed by atoms with van der Waals surface area (Å²) in [6.07, 6.45) is 1.24. The summed E-state index contributed by atoms with van der Waals surface area (Å²) >= 11 is 0.988. The molecule has 1 aliphatic rings. The Morgan fingerprint density at radius 2 is 2.12 bits per heavy atom. The van der Waals surface area contributed by atoms with Gasteiger partial charge in [-0.15, -0.1) is 0 Å². The summed E-state index contributed by atoms with van der Waals surface area (Å²) in [5.41, 5.74) is 0.965. The fourth-order valence-electron chi connectivity index (χ4n) is 3.11. The van der Waals surface area contributed by atoms with Crippen LogP contribution in [-0.4, -0.2) is 59.0 Å². The first-order valence-electron chi connectivity index (χ1n) is 8.28. The van der Waals surface area contributed by atoms with Gasteiger partial charge in [0.05, 0.1) is 24.2 Å². The maximum absolute atomic E-state index is 13.0. The predicted molar refractivity (Wildman–Crippen MR) is 96.8 cm³/mol. The van der Waals surface area contributed by atoms with Gasteiger partial charge in [-0.1, -0.05) is 6.07 Å². The van der Waals surface area contributed by atoms with Gasteiger partial charge in [-0.05, 0) is 25.0 Å². The van der Waals surface area contributed by atoms with E-state index in [2.05, 4.69) is 8.75 Å². The molecule has 1 saturated heterocycles. The Kier molecular flexibility index (Phi) is 5.50. The molecule has 1 amide bonds. The molecule has 8 nitrogen and oxygen atoms in total. The largest absolute Gasteiger partial charge is 0.344 e. The SMILES string of the molecule is CN(CCC#N)C(=O)C1CCN(S(=O)(=O)c2cccc3nsnc23)CC1. The fourth-order valence-corrected chi connectivity index (χ4v) is 5.33. The highest BCUT2D eigenvalue weighted by molar-refractivity contribution is 7.89. The Morgan fingerprint density at radius 1 is 1.38 bits per heavy atom. The molecule has 3 rings (SSSR count). The van der Waals surface area contributed by atoms with Gasteiger partial charge in [0.1, 0.15) is 15.9 Å². The van der Waals surface area contributed by atoms with Crippen molar-refractivity contribution in [2.45, 2.75) is 24.2 Å². The molecule has 1 aromatic carbocycles. The van der Waals surface area contributed by atoms with E-state index in [0.717, 1.165) is 11.7 Å². The molecule has 2 heterocycles. The zero-order valence-corrected chi connectivity index (χ0v) is 16.0. The van der Waals surface area contributed by atoms with Gasteiger partial charge in [-0.2, -0.15) is 18.3 Å². The van der Waals surface area contributed by atoms with Gasteiger partial charge in [0.25, 0.3) is 0 Å². The minimum atomic E-state index is -3.67. The van der Waals surface area contributed by atoms with Crippen LogP contribution in [0, 0.1) is 17.2 Å². The number of benzene rings is 1. The molecule has 1 aromatic heterocycles. The third-order valence-electron chi connectivity index (χ3n) is 4.61. The highest BCUT2D eigenvalue weighted by Crippen LogP contribution is 2.28. The Hall–Kier alpha value is -2.09. The van der Waals surface area contributed by atoms with Gasteiger partial charge >= 0.3 is 0 Å². The van der Waals surface area contributed by atoms with Gasteiger partial charge in [0.2, 0.25) is 15.9 Å². The van der Waals surface area contributed by atoms with Crippen LogP contribution in [0.4, 0.5) is 0 Å². The van der Waals surface area contributed by atoms with Crippen LogP contribution in [0.25, 0.3) is 11.0 Å². The molecule has 0 N–H and O–H groups in total. The first-order chi connectivity index (χ1) is 12.4. The average Bonchev–Trinajstić information content (AvgIpc) is 3.14. The lowest BCUT2D eigenvalue weighted by atomic mass is 9.96. The van der Waals surface area contributed by atoms with Crippen molar-refractivity contribution in [2.75, 3.05) is 26.7 Å². The monoisotopic (exact) mass is 393 g/mol. The van der Waals surface area contributed by atoms with Crippen molar-refractivity contribution >= 4 is 38.7 Å². The highest BCUT2D eigenvalue weighted by Gasteiger charge is 2.34. The number of fused-ring (bicyclic) bond motifs is 1. The second-order valence-electron chi connectivity index (χ2n) is 6.23. The number of hydrogen-bond acceptors (Lipinski definition) is 7. The fraction of sp³-hybridized carbons (Fsp3) is 0.500. The molecule has 1 aliphatic heterocycles. The van der Waals surface area contributed by atoms with E-state index in [1.54, 1.807) is 30.1 Å². The van der Waals surface area contributed by atoms with E-state index < -0.39 is 10.0 Å². The maximum Gasteiger partial charge on any atom is 0.245 e. The van der Waals surface area contributed by atoms with Gasteiger partial charge in [-0.25, -0.2) is 8.42 Å². The first kappa shape index (κ1) is 18.7. The molecule has 26 heavy (non-hydrogen) atoms. The van der Waals surface area contributed by atoms with Crippen molar-refractivity contribution in [2.24, 2.45) is 5.92 Å². The Morgan fingerprint density at radius 3 is 2.81 bits per heavy atom. The number of aromatic nitrogens is 2. The maximum atomic E-state index is 13.0. The number of amides is 1. The van der Waals surface area contributed by atoms with Gasteiger partial charge in [0.15, 0.2) is 0 Å². The van der Waals surface area contributed by atoms with E-state index >= 15 is 0 Å². The van der Waals surface area contributed by atoms with Crippen LogP contribution < -0.4 is 0 Å². The zero-order valence-electron chi connectivity index (χ0n) is 14.3. The van der Waals surface area contributed by atoms with Crippen LogP contribution >= 0.6 is 11.7 Å². The van der Waals surface area contributed by atoms with Crippen LogP contribution in [0.1, 0.15) is 19.3 Å². The summed E-state index contributed by atoms with van der Waals surface area (Å²) in [6.45, 7) is 0.976. The van der Waals surface area contributed by atoms with Gasteiger partial charge in [-0.3, -0.25) is 4.79 Å². The Balaban J connectivity index is 1.70. The molecule has 138 valence electrons. The molecule has 2 aromatic rings. The number of carbonyl (C=O) groups is 1. The molecule has 0 aliphatic carbocycles. The van der Waals surface area contributed by atoms with E-state index in [4.69, 9.17) is 5.26 Å². The third kappa shape index (κ3) is 3.56. The van der Waals surface area contributed by atoms with E-state index in [-0.39, 0.29) is 16.7 Å². The van der Waals surface area contributed by atoms with Crippen molar-refractivity contribution < 1.29 is 13.2 Å². The van der Waals surface area contributed by atoms with E-state index in [1.165, 1.54) is 4.31 Å². The van der Waals surface area contributed by atoms with Crippen LogP contribution in [0.3, 0.4) is 0 Å². The van der Waals surface area contributed by atoms with Crippen molar-refractivity contribution in [3.05, 3.63) is 18.2 Å². The molecule has 10 heteroatoms. The van der Waals surface area contributed by atoms with Crippen molar-refractivity contribution in [1.82, 2.24) is 18.0 Å². The molecule has 0 radical (unpaired) electrons. The first-order valence-corrected chi connectivity index (χ1v) is 10.5. The topological polar surface area (TPSA) is 107 Å². The van der Waals surface area contributed by atoms with E-state index in [1.807, 2.05) is 6.07 Å². The van der Waals surface area contributed by atoms with Gasteiger partial charge < -0.3 is 4.90 Å². The summed E-state index contributed by atoms with van der Waals surface area (Å²) < 4.78 is 35.6. The number of carbonyl (C=O) groups excluding carboxylic acids is 1. The van der Waals surface area contributed by atoms with Gasteiger partial charge in [0, 0.05) is 32.6 Å². The molecule has 0 spiro atoms. The Bertz CT molecular complexity index is 942. The van der Waals surface area contributed by atoms with Crippen LogP contribution in [-0.2, 0) is 14.8 Å². The lowest BCUT2D eigenvalue weighted by molar-refractivity contribution is -0.135. The lowest BCUT2D eigenvalue weighted by Crippen LogP contribution is -2.43. The molecule has 0 atom stereocenters. The molecular weight excluding hydrogens is 374 g/mol. The zero-order chi connectivity index (χ0) is 18.7. The number of nitriles is 1. The normalized spacial score (nSPS) is 16.5. The molecule has 0 unspecified atom stereocenters. The second kappa shape index (κ2) is 7.65. The standard InChI is InChI=1S/C16H19N5O3S2/c1-20(9-3-8-17)16(22)12-6-10-21(11-7-12)26(23,24)14-5-2-4-13-15(14)19-25-18-13/h2,4-5,12H,3,6-7,9-11H2,1H3. The average molecular weight is 393 g/mol. The summed E-state index contributed by atoms with van der Waals surface area (Å²) in [7, 11) is -1.99. The molecule has 0 bridgehead atoms. The lowest BCUT2D eigenvalue weighted by Gasteiger charge is -2.32. The summed E-state index contributed by atoms with van der Waals surface area (Å²) in [6, 6.07) is 6.97. The van der Waals surface area contributed by atoms with Crippen molar-refractivity contribution in [3.8, 4) is 6.07 Å². The Labute approximate surface area is 156 Å². The van der Waals surface area contributed by atoms with E-state index in [0.29, 0.717) is 49.9 Å². The number of rotatable bonds is 5. The summed E-state index contributed by atoms with van der Waals surface area (Å²) in [5.74, 6) is -0.232. The second-order valence-corrected chi connectivity index (χ2v) is 8.67. The molecular formula is C16H19N5O3S2. The number of nitrogens with zero attached hydrogens (tertiary/aromatic N) is 5. The van der Waals surface area contributed by atoms with Crippen LogP contribution in [0.5, 0.6) is 0 Å². The molecule has 0 saturated carbocycles. The van der Waals surface area contributed by atoms with Crippen molar-refractivity contribution in [1.29, 1.82) is 5.26 Å². The van der Waals surface area contributed by atoms with Crippen LogP contribution in [0.15, 0.2) is 23.1 Å². The number of hydrogen-bond donors (Lipinski definition) is 0. The highest BCUT2D eigenvalue weighted by atomic mass is 32.2. The molecule has 1 fully saturated rings. The van der Waals surface area contributed by atoms with Crippen molar-refractivity contribution in [3.63, 3.8) is 0 Å². The minimum absolute atomic E-state index is 0.0249. The van der Waals surface area contributed by atoms with E-state index in [9.17, 15) is 13.2 Å². The summed E-state index contributed by atoms with van der Waals surface area (Å²) in [5, 5.41) is 8.63.